The Labute approximate surface area is 168 Å². The number of nitrogens with one attached hydrogen (secondary N) is 1. The van der Waals surface area contributed by atoms with Gasteiger partial charge >= 0.3 is 6.18 Å². The number of aromatic nitrogens is 7. The van der Waals surface area contributed by atoms with Gasteiger partial charge in [-0.1, -0.05) is 0 Å². The molecule has 4 aromatic rings. The highest BCUT2D eigenvalue weighted by molar-refractivity contribution is 9.10. The third-order valence-electron chi connectivity index (χ3n) is 3.78. The van der Waals surface area contributed by atoms with Crippen LogP contribution < -0.4 is 5.32 Å². The molecule has 29 heavy (non-hydrogen) atoms. The highest BCUT2D eigenvalue weighted by atomic mass is 79.9. The SMILES string of the molecule is Cc1cc(NC(=O)c2cccnc2-n2cc(Br)cn2)nc2nc(C(F)(F)F)nn12. The van der Waals surface area contributed by atoms with E-state index in [1.54, 1.807) is 18.5 Å². The van der Waals surface area contributed by atoms with Crippen LogP contribution in [0.4, 0.5) is 19.0 Å². The first-order valence-corrected chi connectivity index (χ1v) is 8.80. The van der Waals surface area contributed by atoms with Crippen molar-refractivity contribution in [2.45, 2.75) is 13.1 Å². The number of rotatable bonds is 3. The highest BCUT2D eigenvalue weighted by Crippen LogP contribution is 2.27. The van der Waals surface area contributed by atoms with E-state index in [0.29, 0.717) is 10.2 Å². The molecule has 0 saturated carbocycles. The Morgan fingerprint density at radius 3 is 2.76 bits per heavy atom. The molecule has 0 spiro atoms. The van der Waals surface area contributed by atoms with Crippen molar-refractivity contribution >= 4 is 33.4 Å². The summed E-state index contributed by atoms with van der Waals surface area (Å²) in [6.45, 7) is 1.52. The fourth-order valence-corrected chi connectivity index (χ4v) is 2.84. The summed E-state index contributed by atoms with van der Waals surface area (Å²) in [6, 6.07) is 4.50. The van der Waals surface area contributed by atoms with Crippen molar-refractivity contribution < 1.29 is 18.0 Å². The van der Waals surface area contributed by atoms with E-state index in [4.69, 9.17) is 0 Å². The van der Waals surface area contributed by atoms with Gasteiger partial charge in [-0.25, -0.2) is 14.2 Å². The normalized spacial score (nSPS) is 11.8. The number of pyridine rings is 1. The first-order valence-electron chi connectivity index (χ1n) is 8.01. The maximum atomic E-state index is 12.8. The number of halogens is 4. The molecule has 0 aliphatic carbocycles. The number of carbonyl (C=O) groups excluding carboxylic acids is 1. The van der Waals surface area contributed by atoms with Crippen molar-refractivity contribution in [3.63, 3.8) is 0 Å². The van der Waals surface area contributed by atoms with Crippen LogP contribution in [0.2, 0.25) is 0 Å². The quantitative estimate of drug-likeness (QED) is 0.497. The number of anilines is 1. The van der Waals surface area contributed by atoms with Gasteiger partial charge in [0.05, 0.1) is 16.2 Å². The van der Waals surface area contributed by atoms with Crippen LogP contribution in [0.1, 0.15) is 21.9 Å². The number of hydrogen-bond acceptors (Lipinski definition) is 6. The van der Waals surface area contributed by atoms with Crippen LogP contribution in [0.15, 0.2) is 41.3 Å². The van der Waals surface area contributed by atoms with Gasteiger partial charge in [-0.15, -0.1) is 5.10 Å². The summed E-state index contributed by atoms with van der Waals surface area (Å²) in [7, 11) is 0. The van der Waals surface area contributed by atoms with Gasteiger partial charge in [0.15, 0.2) is 5.82 Å². The third-order valence-corrected chi connectivity index (χ3v) is 4.19. The maximum absolute atomic E-state index is 12.8. The summed E-state index contributed by atoms with van der Waals surface area (Å²) < 4.78 is 41.6. The van der Waals surface area contributed by atoms with Crippen LogP contribution >= 0.6 is 15.9 Å². The lowest BCUT2D eigenvalue weighted by atomic mass is 10.2. The molecule has 4 heterocycles. The molecular formula is C16H10BrF3N8O. The van der Waals surface area contributed by atoms with E-state index in [9.17, 15) is 18.0 Å². The van der Waals surface area contributed by atoms with Gasteiger partial charge in [-0.05, 0) is 35.0 Å². The molecule has 0 radical (unpaired) electrons. The van der Waals surface area contributed by atoms with Crippen molar-refractivity contribution in [3.8, 4) is 5.82 Å². The molecule has 0 atom stereocenters. The molecule has 4 rings (SSSR count). The van der Waals surface area contributed by atoms with Crippen molar-refractivity contribution in [2.24, 2.45) is 0 Å². The topological polar surface area (TPSA) is 103 Å². The summed E-state index contributed by atoms with van der Waals surface area (Å²) in [5, 5.41) is 10.0. The van der Waals surface area contributed by atoms with Gasteiger partial charge < -0.3 is 5.32 Å². The Morgan fingerprint density at radius 2 is 2.07 bits per heavy atom. The second-order valence-electron chi connectivity index (χ2n) is 5.86. The predicted octanol–water partition coefficient (Wildman–Crippen LogP) is 3.05. The molecule has 148 valence electrons. The van der Waals surface area contributed by atoms with Crippen LogP contribution in [0.5, 0.6) is 0 Å². The fraction of sp³-hybridized carbons (Fsp3) is 0.125. The summed E-state index contributed by atoms with van der Waals surface area (Å²) in [6.07, 6.45) is -0.0294. The highest BCUT2D eigenvalue weighted by Gasteiger charge is 2.36. The van der Waals surface area contributed by atoms with Crippen molar-refractivity contribution in [2.75, 3.05) is 5.32 Å². The molecule has 0 saturated heterocycles. The lowest BCUT2D eigenvalue weighted by Crippen LogP contribution is -2.17. The van der Waals surface area contributed by atoms with E-state index in [0.717, 1.165) is 4.52 Å². The zero-order valence-electron chi connectivity index (χ0n) is 14.5. The van der Waals surface area contributed by atoms with Crippen LogP contribution in [0.25, 0.3) is 11.6 Å². The molecule has 0 aromatic carbocycles. The van der Waals surface area contributed by atoms with Gasteiger partial charge in [0.1, 0.15) is 5.82 Å². The van der Waals surface area contributed by atoms with Gasteiger partial charge in [0, 0.05) is 24.2 Å². The largest absolute Gasteiger partial charge is 0.453 e. The summed E-state index contributed by atoms with van der Waals surface area (Å²) in [5.41, 5.74) is 0.510. The zero-order chi connectivity index (χ0) is 20.8. The zero-order valence-corrected chi connectivity index (χ0v) is 16.1. The summed E-state index contributed by atoms with van der Waals surface area (Å²) in [5.74, 6) is -1.86. The smallest absolute Gasteiger partial charge is 0.306 e. The monoisotopic (exact) mass is 466 g/mol. The van der Waals surface area contributed by atoms with Crippen LogP contribution in [-0.4, -0.2) is 40.3 Å². The van der Waals surface area contributed by atoms with E-state index in [1.165, 1.54) is 29.9 Å². The minimum Gasteiger partial charge on any atom is -0.306 e. The molecule has 13 heteroatoms. The number of amides is 1. The van der Waals surface area contributed by atoms with E-state index < -0.39 is 17.9 Å². The Kier molecular flexibility index (Phi) is 4.53. The first-order chi connectivity index (χ1) is 13.7. The van der Waals surface area contributed by atoms with Gasteiger partial charge in [-0.2, -0.15) is 28.2 Å². The molecule has 1 amide bonds. The van der Waals surface area contributed by atoms with Crippen LogP contribution in [0.3, 0.4) is 0 Å². The Hall–Kier alpha value is -3.35. The lowest BCUT2D eigenvalue weighted by molar-refractivity contribution is -0.144. The fourth-order valence-electron chi connectivity index (χ4n) is 2.55. The van der Waals surface area contributed by atoms with Gasteiger partial charge in [0.25, 0.3) is 17.5 Å². The standard InChI is InChI=1S/C16H10BrF3N8O/c1-8-5-11(24-15-25-14(16(18,19)20)26-28(8)15)23-13(29)10-3-2-4-21-12(10)27-7-9(17)6-22-27/h2-7H,1H3,(H,23,24,25,26,29). The number of nitrogens with zero attached hydrogens (tertiary/aromatic N) is 7. The van der Waals surface area contributed by atoms with E-state index in [2.05, 4.69) is 46.4 Å². The van der Waals surface area contributed by atoms with Gasteiger partial charge in [0.2, 0.25) is 0 Å². The Bertz CT molecular complexity index is 1230. The van der Waals surface area contributed by atoms with Crippen LogP contribution in [0, 0.1) is 6.92 Å². The molecule has 0 unspecified atom stereocenters. The first kappa shape index (κ1) is 19.0. The molecule has 4 aromatic heterocycles. The van der Waals surface area contributed by atoms with E-state index in [1.807, 2.05) is 0 Å². The summed E-state index contributed by atoms with van der Waals surface area (Å²) in [4.78, 5) is 24.3. The average Bonchev–Trinajstić information content (AvgIpc) is 3.28. The number of aryl methyl sites for hydroxylation is 1. The molecule has 0 fully saturated rings. The number of fused-ring (bicyclic) bond motifs is 1. The third kappa shape index (κ3) is 3.68. The van der Waals surface area contributed by atoms with E-state index >= 15 is 0 Å². The van der Waals surface area contributed by atoms with Crippen molar-refractivity contribution in [1.82, 2.24) is 34.3 Å². The molecule has 9 nitrogen and oxygen atoms in total. The van der Waals surface area contributed by atoms with Crippen LogP contribution in [-0.2, 0) is 6.18 Å². The number of carbonyl (C=O) groups is 1. The minimum absolute atomic E-state index is 0.0255. The summed E-state index contributed by atoms with van der Waals surface area (Å²) >= 11 is 3.27. The second-order valence-corrected chi connectivity index (χ2v) is 6.78. The van der Waals surface area contributed by atoms with Crippen molar-refractivity contribution in [1.29, 1.82) is 0 Å². The second kappa shape index (κ2) is 6.92. The van der Waals surface area contributed by atoms with E-state index in [-0.39, 0.29) is 23.0 Å². The lowest BCUT2D eigenvalue weighted by Gasteiger charge is -2.09. The van der Waals surface area contributed by atoms with Gasteiger partial charge in [-0.3, -0.25) is 4.79 Å². The average molecular weight is 467 g/mol. The molecule has 0 aliphatic heterocycles. The minimum atomic E-state index is -4.70. The van der Waals surface area contributed by atoms with Crippen molar-refractivity contribution in [3.05, 3.63) is 58.3 Å². The Balaban J connectivity index is 1.68. The Morgan fingerprint density at radius 1 is 1.28 bits per heavy atom. The number of alkyl halides is 3. The number of hydrogen-bond donors (Lipinski definition) is 1. The molecule has 0 bridgehead atoms. The maximum Gasteiger partial charge on any atom is 0.453 e. The predicted molar refractivity (Wildman–Crippen MR) is 97.5 cm³/mol. The molecule has 0 aliphatic rings. The molecule has 1 N–H and O–H groups in total. The molecular weight excluding hydrogens is 457 g/mol.